The van der Waals surface area contributed by atoms with Crippen molar-refractivity contribution >= 4 is 27.4 Å². The molecule has 140 valence electrons. The van der Waals surface area contributed by atoms with Gasteiger partial charge in [0.15, 0.2) is 0 Å². The molecule has 2 atom stereocenters. The van der Waals surface area contributed by atoms with Gasteiger partial charge in [-0.05, 0) is 30.5 Å². The Balaban J connectivity index is 1.61. The maximum absolute atomic E-state index is 6.07. The quantitative estimate of drug-likeness (QED) is 0.668. The third kappa shape index (κ3) is 2.97. The standard InChI is InChI=1S/C21H23N3O2S/c1-25-15-8-6-14(7-9-15)16-12-27-21-19(16)20(22-13-23-21)24-10-11-26-18-5-3-2-4-17(18)24/h6-9,12-13,17-18H,2-5,10-11H2,1H3/t17-,18-/m1/s1. The van der Waals surface area contributed by atoms with E-state index in [0.29, 0.717) is 12.1 Å². The second-order valence-corrected chi connectivity index (χ2v) is 8.07. The highest BCUT2D eigenvalue weighted by molar-refractivity contribution is 7.17. The Morgan fingerprint density at radius 2 is 2.00 bits per heavy atom. The average Bonchev–Trinajstić information content (AvgIpc) is 3.18. The number of fused-ring (bicyclic) bond motifs is 2. The zero-order valence-corrected chi connectivity index (χ0v) is 16.2. The summed E-state index contributed by atoms with van der Waals surface area (Å²) in [5, 5.41) is 3.36. The molecule has 27 heavy (non-hydrogen) atoms. The largest absolute Gasteiger partial charge is 0.497 e. The predicted octanol–water partition coefficient (Wildman–Crippen LogP) is 4.51. The molecule has 5 nitrogen and oxygen atoms in total. The zero-order chi connectivity index (χ0) is 18.2. The summed E-state index contributed by atoms with van der Waals surface area (Å²) >= 11 is 1.69. The fourth-order valence-corrected chi connectivity index (χ4v) is 5.33. The van der Waals surface area contributed by atoms with Crippen LogP contribution in [-0.4, -0.2) is 42.4 Å². The van der Waals surface area contributed by atoms with Crippen LogP contribution >= 0.6 is 11.3 Å². The minimum absolute atomic E-state index is 0.334. The highest BCUT2D eigenvalue weighted by Gasteiger charge is 2.36. The molecule has 0 spiro atoms. The van der Waals surface area contributed by atoms with Gasteiger partial charge in [-0.15, -0.1) is 11.3 Å². The van der Waals surface area contributed by atoms with Crippen LogP contribution in [0.25, 0.3) is 21.3 Å². The van der Waals surface area contributed by atoms with Crippen molar-refractivity contribution in [3.63, 3.8) is 0 Å². The molecule has 3 heterocycles. The first kappa shape index (κ1) is 17.0. The van der Waals surface area contributed by atoms with E-state index in [2.05, 4.69) is 27.4 Å². The van der Waals surface area contributed by atoms with Crippen LogP contribution in [0, 0.1) is 0 Å². The van der Waals surface area contributed by atoms with E-state index in [9.17, 15) is 0 Å². The second-order valence-electron chi connectivity index (χ2n) is 7.21. The number of morpholine rings is 1. The Hall–Kier alpha value is -2.18. The lowest BCUT2D eigenvalue weighted by Crippen LogP contribution is -2.53. The Kier molecular flexibility index (Phi) is 4.45. The van der Waals surface area contributed by atoms with Crippen LogP contribution in [0.3, 0.4) is 0 Å². The summed E-state index contributed by atoms with van der Waals surface area (Å²) < 4.78 is 11.4. The predicted molar refractivity (Wildman–Crippen MR) is 109 cm³/mol. The van der Waals surface area contributed by atoms with Crippen LogP contribution in [-0.2, 0) is 4.74 Å². The number of rotatable bonds is 3. The smallest absolute Gasteiger partial charge is 0.141 e. The van der Waals surface area contributed by atoms with E-state index < -0.39 is 0 Å². The van der Waals surface area contributed by atoms with Crippen LogP contribution in [0.5, 0.6) is 5.75 Å². The third-order valence-corrected chi connectivity index (χ3v) is 6.64. The molecule has 0 amide bonds. The normalized spacial score (nSPS) is 22.6. The van der Waals surface area contributed by atoms with Gasteiger partial charge >= 0.3 is 0 Å². The van der Waals surface area contributed by atoms with Crippen molar-refractivity contribution in [3.05, 3.63) is 36.0 Å². The summed E-state index contributed by atoms with van der Waals surface area (Å²) in [7, 11) is 1.69. The van der Waals surface area contributed by atoms with Crippen LogP contribution in [0.1, 0.15) is 25.7 Å². The Morgan fingerprint density at radius 3 is 2.85 bits per heavy atom. The van der Waals surface area contributed by atoms with Crippen LogP contribution in [0.2, 0.25) is 0 Å². The number of thiophene rings is 1. The van der Waals surface area contributed by atoms with E-state index in [1.54, 1.807) is 24.8 Å². The fraction of sp³-hybridized carbons (Fsp3) is 0.429. The fourth-order valence-electron chi connectivity index (χ4n) is 4.42. The second kappa shape index (κ2) is 7.09. The van der Waals surface area contributed by atoms with Gasteiger partial charge in [0.2, 0.25) is 0 Å². The lowest BCUT2D eigenvalue weighted by Gasteiger charge is -2.44. The van der Waals surface area contributed by atoms with Gasteiger partial charge in [-0.2, -0.15) is 0 Å². The molecule has 1 aromatic carbocycles. The molecule has 1 saturated carbocycles. The summed E-state index contributed by atoms with van der Waals surface area (Å²) in [5.41, 5.74) is 2.37. The van der Waals surface area contributed by atoms with Crippen LogP contribution in [0.4, 0.5) is 5.82 Å². The summed E-state index contributed by atoms with van der Waals surface area (Å²) in [6.45, 7) is 1.67. The minimum Gasteiger partial charge on any atom is -0.497 e. The summed E-state index contributed by atoms with van der Waals surface area (Å²) in [6, 6.07) is 8.66. The number of benzene rings is 1. The average molecular weight is 382 g/mol. The molecule has 2 aliphatic rings. The van der Waals surface area contributed by atoms with E-state index in [1.807, 2.05) is 12.1 Å². The van der Waals surface area contributed by atoms with E-state index >= 15 is 0 Å². The maximum atomic E-state index is 6.07. The van der Waals surface area contributed by atoms with Crippen molar-refractivity contribution in [2.75, 3.05) is 25.2 Å². The molecule has 0 bridgehead atoms. The number of aromatic nitrogens is 2. The molecule has 1 aliphatic heterocycles. The van der Waals surface area contributed by atoms with Crippen molar-refractivity contribution < 1.29 is 9.47 Å². The zero-order valence-electron chi connectivity index (χ0n) is 15.4. The Labute approximate surface area is 163 Å². The van der Waals surface area contributed by atoms with E-state index in [4.69, 9.17) is 14.5 Å². The number of hydrogen-bond donors (Lipinski definition) is 0. The van der Waals surface area contributed by atoms with Gasteiger partial charge in [0, 0.05) is 17.5 Å². The lowest BCUT2D eigenvalue weighted by molar-refractivity contribution is -0.00887. The van der Waals surface area contributed by atoms with E-state index in [0.717, 1.165) is 36.0 Å². The van der Waals surface area contributed by atoms with Gasteiger partial charge < -0.3 is 14.4 Å². The van der Waals surface area contributed by atoms with Gasteiger partial charge in [0.05, 0.1) is 31.2 Å². The number of methoxy groups -OCH3 is 1. The van der Waals surface area contributed by atoms with Gasteiger partial charge in [-0.25, -0.2) is 9.97 Å². The van der Waals surface area contributed by atoms with Gasteiger partial charge in [-0.1, -0.05) is 25.0 Å². The van der Waals surface area contributed by atoms with Gasteiger partial charge in [0.1, 0.15) is 22.7 Å². The van der Waals surface area contributed by atoms with Crippen molar-refractivity contribution in [1.29, 1.82) is 0 Å². The molecule has 6 heteroatoms. The molecule has 2 aromatic heterocycles. The molecular formula is C21H23N3O2S. The number of anilines is 1. The number of nitrogens with zero attached hydrogens (tertiary/aromatic N) is 3. The molecule has 0 unspecified atom stereocenters. The van der Waals surface area contributed by atoms with Crippen molar-refractivity contribution in [2.45, 2.75) is 37.8 Å². The molecule has 3 aromatic rings. The maximum Gasteiger partial charge on any atom is 0.141 e. The molecule has 0 N–H and O–H groups in total. The minimum atomic E-state index is 0.334. The van der Waals surface area contributed by atoms with Gasteiger partial charge in [-0.3, -0.25) is 0 Å². The van der Waals surface area contributed by atoms with Gasteiger partial charge in [0.25, 0.3) is 0 Å². The summed E-state index contributed by atoms with van der Waals surface area (Å²) in [5.74, 6) is 1.93. The number of ether oxygens (including phenoxy) is 2. The first-order chi connectivity index (χ1) is 13.3. The molecule has 1 saturated heterocycles. The monoisotopic (exact) mass is 381 g/mol. The topological polar surface area (TPSA) is 47.5 Å². The first-order valence-corrected chi connectivity index (χ1v) is 10.5. The van der Waals surface area contributed by atoms with Crippen molar-refractivity contribution in [2.24, 2.45) is 0 Å². The SMILES string of the molecule is COc1ccc(-c2csc3ncnc(N4CCO[C@@H]5CCCC[C@H]54)c23)cc1. The van der Waals surface area contributed by atoms with E-state index in [-0.39, 0.29) is 0 Å². The van der Waals surface area contributed by atoms with Crippen LogP contribution < -0.4 is 9.64 Å². The third-order valence-electron chi connectivity index (χ3n) is 5.76. The molecule has 1 aliphatic carbocycles. The molecular weight excluding hydrogens is 358 g/mol. The van der Waals surface area contributed by atoms with E-state index in [1.165, 1.54) is 35.8 Å². The Morgan fingerprint density at radius 1 is 1.15 bits per heavy atom. The van der Waals surface area contributed by atoms with Crippen LogP contribution in [0.15, 0.2) is 36.0 Å². The molecule has 5 rings (SSSR count). The van der Waals surface area contributed by atoms with Crippen molar-refractivity contribution in [1.82, 2.24) is 9.97 Å². The highest BCUT2D eigenvalue weighted by atomic mass is 32.1. The molecule has 2 fully saturated rings. The Bertz CT molecular complexity index is 938. The summed E-state index contributed by atoms with van der Waals surface area (Å²) in [4.78, 5) is 12.8. The highest BCUT2D eigenvalue weighted by Crippen LogP contribution is 2.41. The number of hydrogen-bond acceptors (Lipinski definition) is 6. The lowest BCUT2D eigenvalue weighted by atomic mass is 9.90. The summed E-state index contributed by atoms with van der Waals surface area (Å²) in [6.07, 6.45) is 6.91. The van der Waals surface area contributed by atoms with Crippen molar-refractivity contribution in [3.8, 4) is 16.9 Å². The molecule has 0 radical (unpaired) electrons. The first-order valence-electron chi connectivity index (χ1n) is 9.60.